The van der Waals surface area contributed by atoms with Crippen LogP contribution in [0.2, 0.25) is 0 Å². The molecule has 2 atom stereocenters. The summed E-state index contributed by atoms with van der Waals surface area (Å²) in [5, 5.41) is 16.1. The summed E-state index contributed by atoms with van der Waals surface area (Å²) >= 11 is 0. The molecule has 3 aromatic carbocycles. The van der Waals surface area contributed by atoms with Crippen molar-refractivity contribution in [3.63, 3.8) is 0 Å². The topological polar surface area (TPSA) is 108 Å². The Morgan fingerprint density at radius 3 is 2.27 bits per heavy atom. The van der Waals surface area contributed by atoms with Crippen molar-refractivity contribution in [3.05, 3.63) is 95.6 Å². The van der Waals surface area contributed by atoms with E-state index in [1.54, 1.807) is 37.8 Å². The molecule has 0 aromatic heterocycles. The van der Waals surface area contributed by atoms with E-state index in [2.05, 4.69) is 10.6 Å². The minimum atomic E-state index is -1.04. The first kappa shape index (κ1) is 29.6. The molecule has 0 heterocycles. The van der Waals surface area contributed by atoms with Crippen LogP contribution < -0.4 is 10.6 Å². The average Bonchev–Trinajstić information content (AvgIpc) is 2.87. The van der Waals surface area contributed by atoms with E-state index in [1.807, 2.05) is 61.5 Å². The van der Waals surface area contributed by atoms with E-state index in [-0.39, 0.29) is 18.2 Å². The number of aryl methyl sites for hydroxylation is 1. The van der Waals surface area contributed by atoms with Crippen molar-refractivity contribution in [2.45, 2.75) is 77.1 Å². The zero-order valence-corrected chi connectivity index (χ0v) is 24.1. The van der Waals surface area contributed by atoms with Crippen LogP contribution in [0.4, 0.5) is 10.5 Å². The van der Waals surface area contributed by atoms with Gasteiger partial charge in [-0.25, -0.2) is 4.79 Å². The SMILES string of the molecule is Cc1ccccc1NC(=O)C(c1cccc(O)c1)N(C(=O)C(Cc1ccccc1)NC(=O)OC(C)(C)C)C1CCC1. The zero-order chi connectivity index (χ0) is 29.6. The van der Waals surface area contributed by atoms with Gasteiger partial charge in [0.15, 0.2) is 0 Å². The molecule has 4 rings (SSSR count). The Balaban J connectivity index is 1.75. The zero-order valence-electron chi connectivity index (χ0n) is 24.1. The molecule has 2 unspecified atom stereocenters. The number of para-hydroxylation sites is 1. The summed E-state index contributed by atoms with van der Waals surface area (Å²) in [4.78, 5) is 43.1. The number of phenols is 1. The average molecular weight is 558 g/mol. The fraction of sp³-hybridized carbons (Fsp3) is 0.364. The summed E-state index contributed by atoms with van der Waals surface area (Å²) in [6.07, 6.45) is 1.88. The van der Waals surface area contributed by atoms with E-state index in [9.17, 15) is 19.5 Å². The maximum absolute atomic E-state index is 14.5. The van der Waals surface area contributed by atoms with E-state index in [1.165, 1.54) is 12.1 Å². The number of rotatable bonds is 9. The molecule has 0 aliphatic heterocycles. The van der Waals surface area contributed by atoms with Crippen LogP contribution in [0.5, 0.6) is 5.75 Å². The molecule has 0 spiro atoms. The fourth-order valence-corrected chi connectivity index (χ4v) is 4.91. The highest BCUT2D eigenvalue weighted by Gasteiger charge is 2.42. The quantitative estimate of drug-likeness (QED) is 0.304. The number of anilines is 1. The van der Waals surface area contributed by atoms with Crippen LogP contribution in [0.25, 0.3) is 0 Å². The summed E-state index contributed by atoms with van der Waals surface area (Å²) in [5.41, 5.74) is 2.10. The predicted octanol–water partition coefficient (Wildman–Crippen LogP) is 5.90. The fourth-order valence-electron chi connectivity index (χ4n) is 4.91. The number of phenolic OH excluding ortho intramolecular Hbond substituents is 1. The van der Waals surface area contributed by atoms with Crippen LogP contribution in [0.1, 0.15) is 62.8 Å². The molecule has 1 aliphatic carbocycles. The van der Waals surface area contributed by atoms with Crippen molar-refractivity contribution in [1.82, 2.24) is 10.2 Å². The van der Waals surface area contributed by atoms with Gasteiger partial charge in [-0.3, -0.25) is 9.59 Å². The summed E-state index contributed by atoms with van der Waals surface area (Å²) in [6.45, 7) is 7.17. The van der Waals surface area contributed by atoms with Gasteiger partial charge in [0.1, 0.15) is 23.4 Å². The molecule has 3 N–H and O–H groups in total. The first-order valence-corrected chi connectivity index (χ1v) is 14.0. The van der Waals surface area contributed by atoms with E-state index < -0.39 is 35.6 Å². The van der Waals surface area contributed by atoms with Gasteiger partial charge in [-0.05, 0) is 81.8 Å². The number of carbonyl (C=O) groups is 3. The first-order valence-electron chi connectivity index (χ1n) is 14.0. The summed E-state index contributed by atoms with van der Waals surface area (Å²) in [6, 6.07) is 21.0. The van der Waals surface area contributed by atoms with Crippen LogP contribution >= 0.6 is 0 Å². The molecule has 216 valence electrons. The smallest absolute Gasteiger partial charge is 0.408 e. The van der Waals surface area contributed by atoms with Crippen molar-refractivity contribution in [2.75, 3.05) is 5.32 Å². The molecule has 8 nitrogen and oxygen atoms in total. The van der Waals surface area contributed by atoms with Gasteiger partial charge in [-0.2, -0.15) is 0 Å². The van der Waals surface area contributed by atoms with Crippen molar-refractivity contribution in [2.24, 2.45) is 0 Å². The molecule has 0 saturated heterocycles. The van der Waals surface area contributed by atoms with Gasteiger partial charge in [0, 0.05) is 18.2 Å². The van der Waals surface area contributed by atoms with Crippen LogP contribution in [-0.4, -0.2) is 45.6 Å². The normalized spacial score (nSPS) is 14.7. The Morgan fingerprint density at radius 2 is 1.66 bits per heavy atom. The lowest BCUT2D eigenvalue weighted by molar-refractivity contribution is -0.145. The number of benzene rings is 3. The maximum Gasteiger partial charge on any atom is 0.408 e. The van der Waals surface area contributed by atoms with E-state index >= 15 is 0 Å². The number of hydrogen-bond acceptors (Lipinski definition) is 5. The van der Waals surface area contributed by atoms with Crippen LogP contribution in [0.15, 0.2) is 78.9 Å². The Hall–Kier alpha value is -4.33. The van der Waals surface area contributed by atoms with E-state index in [0.29, 0.717) is 11.3 Å². The number of ether oxygens (including phenoxy) is 1. The molecule has 1 fully saturated rings. The predicted molar refractivity (Wildman–Crippen MR) is 158 cm³/mol. The van der Waals surface area contributed by atoms with E-state index in [0.717, 1.165) is 30.4 Å². The van der Waals surface area contributed by atoms with Crippen molar-refractivity contribution >= 4 is 23.6 Å². The summed E-state index contributed by atoms with van der Waals surface area (Å²) in [7, 11) is 0. The Bertz CT molecular complexity index is 1360. The lowest BCUT2D eigenvalue weighted by Gasteiger charge is -2.43. The van der Waals surface area contributed by atoms with Gasteiger partial charge in [0.2, 0.25) is 5.91 Å². The summed E-state index contributed by atoms with van der Waals surface area (Å²) in [5.74, 6) is -0.802. The molecule has 0 radical (unpaired) electrons. The number of hydrogen-bond donors (Lipinski definition) is 3. The number of alkyl carbamates (subject to hydrolysis) is 1. The van der Waals surface area contributed by atoms with Crippen molar-refractivity contribution < 1.29 is 24.2 Å². The van der Waals surface area contributed by atoms with Gasteiger partial charge in [0.25, 0.3) is 5.91 Å². The van der Waals surface area contributed by atoms with Gasteiger partial charge in [-0.15, -0.1) is 0 Å². The lowest BCUT2D eigenvalue weighted by atomic mass is 9.87. The number of amides is 3. The third-order valence-corrected chi connectivity index (χ3v) is 7.11. The molecular formula is C33H39N3O5. The number of nitrogens with zero attached hydrogens (tertiary/aromatic N) is 1. The molecule has 3 aromatic rings. The van der Waals surface area contributed by atoms with Crippen molar-refractivity contribution in [3.8, 4) is 5.75 Å². The number of carbonyl (C=O) groups excluding carboxylic acids is 3. The number of nitrogens with one attached hydrogen (secondary N) is 2. The lowest BCUT2D eigenvalue weighted by Crippen LogP contribution is -2.57. The highest BCUT2D eigenvalue weighted by atomic mass is 16.6. The summed E-state index contributed by atoms with van der Waals surface area (Å²) < 4.78 is 5.50. The molecule has 8 heteroatoms. The molecule has 3 amide bonds. The standard InChI is InChI=1S/C33H39N3O5/c1-22-12-8-9-19-27(22)34-30(38)29(24-15-10-18-26(37)21-24)36(25-16-11-17-25)31(39)28(20-23-13-6-5-7-14-23)35-32(40)41-33(2,3)4/h5-10,12-15,18-19,21,25,28-29,37H,11,16-17,20H2,1-4H3,(H,34,38)(H,35,40). The molecule has 1 aliphatic rings. The number of aromatic hydroxyl groups is 1. The Kier molecular flexibility index (Phi) is 9.32. The van der Waals surface area contributed by atoms with Crippen LogP contribution in [0, 0.1) is 6.92 Å². The van der Waals surface area contributed by atoms with E-state index in [4.69, 9.17) is 4.74 Å². The van der Waals surface area contributed by atoms with Gasteiger partial charge in [-0.1, -0.05) is 60.7 Å². The third-order valence-electron chi connectivity index (χ3n) is 7.11. The third kappa shape index (κ3) is 7.87. The Labute approximate surface area is 241 Å². The molecule has 41 heavy (non-hydrogen) atoms. The maximum atomic E-state index is 14.5. The molecule has 1 saturated carbocycles. The van der Waals surface area contributed by atoms with Gasteiger partial charge in [0.05, 0.1) is 0 Å². The highest BCUT2D eigenvalue weighted by Crippen LogP contribution is 2.35. The second kappa shape index (κ2) is 12.9. The van der Waals surface area contributed by atoms with Gasteiger partial charge >= 0.3 is 6.09 Å². The monoisotopic (exact) mass is 557 g/mol. The van der Waals surface area contributed by atoms with Crippen LogP contribution in [-0.2, 0) is 20.7 Å². The highest BCUT2D eigenvalue weighted by molar-refractivity contribution is 5.99. The second-order valence-electron chi connectivity index (χ2n) is 11.5. The second-order valence-corrected chi connectivity index (χ2v) is 11.5. The minimum Gasteiger partial charge on any atom is -0.508 e. The Morgan fingerprint density at radius 1 is 0.976 bits per heavy atom. The van der Waals surface area contributed by atoms with Gasteiger partial charge < -0.3 is 25.4 Å². The molecular weight excluding hydrogens is 518 g/mol. The van der Waals surface area contributed by atoms with Crippen molar-refractivity contribution in [1.29, 1.82) is 0 Å². The molecule has 0 bridgehead atoms. The largest absolute Gasteiger partial charge is 0.508 e. The minimum absolute atomic E-state index is 0.00934. The first-order chi connectivity index (χ1) is 19.5. The van der Waals surface area contributed by atoms with Crippen LogP contribution in [0.3, 0.4) is 0 Å².